The molecule has 0 aliphatic carbocycles. The summed E-state index contributed by atoms with van der Waals surface area (Å²) in [6, 6.07) is 16.0. The van der Waals surface area contributed by atoms with Gasteiger partial charge in [0.2, 0.25) is 0 Å². The highest BCUT2D eigenvalue weighted by atomic mass is 32.1. The fourth-order valence-electron chi connectivity index (χ4n) is 2.67. The first-order valence-corrected chi connectivity index (χ1v) is 9.68. The Morgan fingerprint density at radius 3 is 2.65 bits per heavy atom. The third-order valence-corrected chi connectivity index (χ3v) is 5.10. The Bertz CT molecular complexity index is 871. The predicted octanol–water partition coefficient (Wildman–Crippen LogP) is 5.05. The molecule has 26 heavy (non-hydrogen) atoms. The molecule has 3 aromatic rings. The van der Waals surface area contributed by atoms with E-state index in [-0.39, 0.29) is 6.03 Å². The normalized spacial score (nSPS) is 10.5. The third-order valence-electron chi connectivity index (χ3n) is 4.16. The maximum atomic E-state index is 12.1. The Labute approximate surface area is 158 Å². The van der Waals surface area contributed by atoms with Gasteiger partial charge >= 0.3 is 6.03 Å². The van der Waals surface area contributed by atoms with Crippen LogP contribution in [-0.4, -0.2) is 17.6 Å². The minimum absolute atomic E-state index is 0.181. The van der Waals surface area contributed by atoms with Crippen molar-refractivity contribution in [3.63, 3.8) is 0 Å². The van der Waals surface area contributed by atoms with E-state index in [1.807, 2.05) is 24.3 Å². The summed E-state index contributed by atoms with van der Waals surface area (Å²) in [6.45, 7) is 4.70. The number of para-hydroxylation sites is 1. The summed E-state index contributed by atoms with van der Waals surface area (Å²) in [4.78, 5) is 16.8. The van der Waals surface area contributed by atoms with E-state index in [1.165, 1.54) is 5.56 Å². The molecule has 2 aromatic carbocycles. The second-order valence-corrected chi connectivity index (χ2v) is 7.01. The van der Waals surface area contributed by atoms with E-state index in [0.29, 0.717) is 13.0 Å². The first-order chi connectivity index (χ1) is 12.7. The van der Waals surface area contributed by atoms with Crippen LogP contribution in [-0.2, 0) is 12.8 Å². The minimum Gasteiger partial charge on any atom is -0.337 e. The van der Waals surface area contributed by atoms with Gasteiger partial charge in [-0.3, -0.25) is 0 Å². The Balaban J connectivity index is 1.50. The largest absolute Gasteiger partial charge is 0.337 e. The molecule has 0 spiro atoms. The zero-order chi connectivity index (χ0) is 18.4. The summed E-state index contributed by atoms with van der Waals surface area (Å²) in [6.07, 6.45) is 1.60. The molecule has 1 aromatic heterocycles. The van der Waals surface area contributed by atoms with Gasteiger partial charge in [-0.1, -0.05) is 55.0 Å². The van der Waals surface area contributed by atoms with E-state index >= 15 is 0 Å². The molecule has 0 bridgehead atoms. The van der Waals surface area contributed by atoms with Crippen LogP contribution in [0, 0.1) is 6.92 Å². The van der Waals surface area contributed by atoms with E-state index in [0.717, 1.165) is 33.9 Å². The molecule has 4 nitrogen and oxygen atoms in total. The maximum Gasteiger partial charge on any atom is 0.319 e. The Hall–Kier alpha value is -2.66. The van der Waals surface area contributed by atoms with E-state index < -0.39 is 0 Å². The van der Waals surface area contributed by atoms with E-state index in [1.54, 1.807) is 11.3 Å². The van der Waals surface area contributed by atoms with Crippen molar-refractivity contribution in [1.29, 1.82) is 0 Å². The summed E-state index contributed by atoms with van der Waals surface area (Å²) in [5.74, 6) is 0. The second-order valence-electron chi connectivity index (χ2n) is 6.15. The summed E-state index contributed by atoms with van der Waals surface area (Å²) in [5, 5.41) is 8.89. The van der Waals surface area contributed by atoms with Gasteiger partial charge in [0.15, 0.2) is 0 Å². The van der Waals surface area contributed by atoms with Gasteiger partial charge in [0.25, 0.3) is 0 Å². The molecule has 2 amide bonds. The zero-order valence-electron chi connectivity index (χ0n) is 15.1. The van der Waals surface area contributed by atoms with Crippen LogP contribution >= 0.6 is 11.3 Å². The summed E-state index contributed by atoms with van der Waals surface area (Å²) in [7, 11) is 0. The number of aryl methyl sites for hydroxylation is 2. The monoisotopic (exact) mass is 365 g/mol. The molecule has 0 saturated carbocycles. The molecule has 0 atom stereocenters. The lowest BCUT2D eigenvalue weighted by atomic mass is 10.1. The number of aromatic nitrogens is 1. The molecular formula is C21H23N3OS. The van der Waals surface area contributed by atoms with Crippen LogP contribution < -0.4 is 10.6 Å². The molecule has 1 heterocycles. The fraction of sp³-hybridized carbons (Fsp3) is 0.238. The third kappa shape index (κ3) is 4.70. The first kappa shape index (κ1) is 18.1. The number of anilines is 1. The van der Waals surface area contributed by atoms with E-state index in [4.69, 9.17) is 0 Å². The number of nitrogens with one attached hydrogen (secondary N) is 2. The molecule has 2 N–H and O–H groups in total. The molecule has 0 unspecified atom stereocenters. The van der Waals surface area contributed by atoms with Crippen molar-refractivity contribution in [3.8, 4) is 10.6 Å². The number of amides is 2. The standard InChI is InChI=1S/C21H23N3OS/c1-3-16-6-4-5-7-19(16)24-21(25)22-13-12-18-14-26-20(23-18)17-10-8-15(2)9-11-17/h4-11,14H,3,12-13H2,1-2H3,(H2,22,24,25). The Morgan fingerprint density at radius 2 is 1.88 bits per heavy atom. The highest BCUT2D eigenvalue weighted by molar-refractivity contribution is 7.13. The predicted molar refractivity (Wildman–Crippen MR) is 109 cm³/mol. The van der Waals surface area contributed by atoms with Crippen molar-refractivity contribution in [1.82, 2.24) is 10.3 Å². The van der Waals surface area contributed by atoms with Crippen molar-refractivity contribution >= 4 is 23.1 Å². The smallest absolute Gasteiger partial charge is 0.319 e. The van der Waals surface area contributed by atoms with Crippen molar-refractivity contribution < 1.29 is 4.79 Å². The molecule has 0 saturated heterocycles. The van der Waals surface area contributed by atoms with Crippen LogP contribution in [0.4, 0.5) is 10.5 Å². The van der Waals surface area contributed by atoms with Gasteiger partial charge in [0.05, 0.1) is 5.69 Å². The number of urea groups is 1. The van der Waals surface area contributed by atoms with Crippen LogP contribution in [0.5, 0.6) is 0 Å². The van der Waals surface area contributed by atoms with E-state index in [9.17, 15) is 4.79 Å². The molecule has 0 aliphatic rings. The summed E-state index contributed by atoms with van der Waals surface area (Å²) < 4.78 is 0. The van der Waals surface area contributed by atoms with Crippen LogP contribution in [0.15, 0.2) is 53.9 Å². The van der Waals surface area contributed by atoms with Crippen LogP contribution in [0.25, 0.3) is 10.6 Å². The fourth-order valence-corrected chi connectivity index (χ4v) is 3.53. The van der Waals surface area contributed by atoms with Crippen LogP contribution in [0.2, 0.25) is 0 Å². The van der Waals surface area contributed by atoms with Crippen LogP contribution in [0.3, 0.4) is 0 Å². The molecule has 3 rings (SSSR count). The summed E-state index contributed by atoms with van der Waals surface area (Å²) >= 11 is 1.64. The SMILES string of the molecule is CCc1ccccc1NC(=O)NCCc1csc(-c2ccc(C)cc2)n1. The van der Waals surface area contributed by atoms with Crippen molar-refractivity contribution in [3.05, 3.63) is 70.7 Å². The quantitative estimate of drug-likeness (QED) is 0.642. The molecule has 0 radical (unpaired) electrons. The second kappa shape index (κ2) is 8.63. The number of carbonyl (C=O) groups excluding carboxylic acids is 1. The number of benzene rings is 2. The topological polar surface area (TPSA) is 54.0 Å². The number of carbonyl (C=O) groups is 1. The van der Waals surface area contributed by atoms with Gasteiger partial charge in [0.1, 0.15) is 5.01 Å². The average Bonchev–Trinajstić information content (AvgIpc) is 3.11. The minimum atomic E-state index is -0.181. The maximum absolute atomic E-state index is 12.1. The molecular weight excluding hydrogens is 342 g/mol. The number of hydrogen-bond acceptors (Lipinski definition) is 3. The van der Waals surface area contributed by atoms with E-state index in [2.05, 4.69) is 59.1 Å². The van der Waals surface area contributed by atoms with Gasteiger partial charge in [-0.05, 0) is 25.0 Å². The Morgan fingerprint density at radius 1 is 1.12 bits per heavy atom. The van der Waals surface area contributed by atoms with Gasteiger partial charge in [-0.15, -0.1) is 11.3 Å². The lowest BCUT2D eigenvalue weighted by Gasteiger charge is -2.10. The highest BCUT2D eigenvalue weighted by Crippen LogP contribution is 2.24. The molecule has 134 valence electrons. The number of rotatable bonds is 6. The molecule has 0 aliphatic heterocycles. The molecule has 0 fully saturated rings. The highest BCUT2D eigenvalue weighted by Gasteiger charge is 2.07. The summed E-state index contributed by atoms with van der Waals surface area (Å²) in [5.41, 5.74) is 5.37. The van der Waals surface area contributed by atoms with Crippen LogP contribution in [0.1, 0.15) is 23.7 Å². The lowest BCUT2D eigenvalue weighted by Crippen LogP contribution is -2.30. The number of nitrogens with zero attached hydrogens (tertiary/aromatic N) is 1. The average molecular weight is 366 g/mol. The number of hydrogen-bond donors (Lipinski definition) is 2. The Kier molecular flexibility index (Phi) is 6.02. The van der Waals surface area contributed by atoms with Gasteiger partial charge < -0.3 is 10.6 Å². The lowest BCUT2D eigenvalue weighted by molar-refractivity contribution is 0.252. The van der Waals surface area contributed by atoms with Crippen molar-refractivity contribution in [2.24, 2.45) is 0 Å². The first-order valence-electron chi connectivity index (χ1n) is 8.80. The zero-order valence-corrected chi connectivity index (χ0v) is 15.9. The van der Waals surface area contributed by atoms with Crippen molar-refractivity contribution in [2.75, 3.05) is 11.9 Å². The van der Waals surface area contributed by atoms with Gasteiger partial charge in [0, 0.05) is 29.6 Å². The van der Waals surface area contributed by atoms with Gasteiger partial charge in [-0.25, -0.2) is 9.78 Å². The number of thiazole rings is 1. The van der Waals surface area contributed by atoms with Gasteiger partial charge in [-0.2, -0.15) is 0 Å². The molecule has 5 heteroatoms. The van der Waals surface area contributed by atoms with Crippen molar-refractivity contribution in [2.45, 2.75) is 26.7 Å².